The smallest absolute Gasteiger partial charge is 0.490 e. The van der Waals surface area contributed by atoms with Gasteiger partial charge < -0.3 is 30.1 Å². The summed E-state index contributed by atoms with van der Waals surface area (Å²) in [6.07, 6.45) is -1.04. The van der Waals surface area contributed by atoms with Crippen LogP contribution in [0.15, 0.2) is 36.4 Å². The number of aryl methyl sites for hydroxylation is 2. The number of urea groups is 1. The summed E-state index contributed by atoms with van der Waals surface area (Å²) in [6, 6.07) is 12.8. The molecule has 39 heavy (non-hydrogen) atoms. The molecule has 0 aromatic heterocycles. The molecule has 2 aromatic rings. The monoisotopic (exact) mass is 551 g/mol. The lowest BCUT2D eigenvalue weighted by atomic mass is 9.65. The molecule has 2 aliphatic rings. The second-order valence-electron chi connectivity index (χ2n) is 10.2. The molecule has 1 aliphatic heterocycles. The molecule has 4 rings (SSSR count). The number of hydrogen-bond acceptors (Lipinski definition) is 5. The standard InChI is InChI=1S/C26H35N3O3.C2HF3O2/c1-17-6-8-21(18(2)14-17)28-25(30)27-20-10-11-26(12-13-29(3)24(26)16-20)19-7-9-22(31-4)23(15-19)32-5;3-2(4,5)1(6)7/h6-9,14-15,20,24H,10-13,16H2,1-5H3,(H2,27,28,30);(H,6,7). The van der Waals surface area contributed by atoms with Crippen molar-refractivity contribution >= 4 is 17.7 Å². The zero-order chi connectivity index (χ0) is 29.0. The van der Waals surface area contributed by atoms with E-state index < -0.39 is 12.1 Å². The van der Waals surface area contributed by atoms with E-state index in [1.165, 1.54) is 11.1 Å². The number of hydrogen-bond donors (Lipinski definition) is 3. The first-order chi connectivity index (χ1) is 18.3. The van der Waals surface area contributed by atoms with Crippen molar-refractivity contribution in [1.29, 1.82) is 0 Å². The molecule has 1 heterocycles. The van der Waals surface area contributed by atoms with E-state index in [4.69, 9.17) is 19.4 Å². The van der Waals surface area contributed by atoms with Gasteiger partial charge in [0, 0.05) is 23.2 Å². The Hall–Kier alpha value is -3.47. The molecule has 3 unspecified atom stereocenters. The van der Waals surface area contributed by atoms with Crippen LogP contribution in [0.1, 0.15) is 42.4 Å². The number of nitrogens with zero attached hydrogens (tertiary/aromatic N) is 1. The number of methoxy groups -OCH3 is 2. The van der Waals surface area contributed by atoms with Crippen LogP contribution in [0, 0.1) is 13.8 Å². The van der Waals surface area contributed by atoms with Crippen molar-refractivity contribution in [3.05, 3.63) is 53.1 Å². The molecular formula is C28H36F3N3O5. The number of fused-ring (bicyclic) bond motifs is 1. The summed E-state index contributed by atoms with van der Waals surface area (Å²) < 4.78 is 42.8. The second kappa shape index (κ2) is 12.1. The van der Waals surface area contributed by atoms with Gasteiger partial charge in [-0.1, -0.05) is 23.8 Å². The van der Waals surface area contributed by atoms with Gasteiger partial charge in [0.15, 0.2) is 11.5 Å². The third kappa shape index (κ3) is 6.95. The Balaban J connectivity index is 0.000000532. The van der Waals surface area contributed by atoms with Gasteiger partial charge in [0.1, 0.15) is 0 Å². The Morgan fingerprint density at radius 3 is 2.31 bits per heavy atom. The van der Waals surface area contributed by atoms with Crippen molar-refractivity contribution in [2.45, 2.75) is 63.2 Å². The molecule has 3 atom stereocenters. The zero-order valence-electron chi connectivity index (χ0n) is 22.8. The number of halogens is 3. The van der Waals surface area contributed by atoms with Crippen LogP contribution in [0.2, 0.25) is 0 Å². The van der Waals surface area contributed by atoms with Gasteiger partial charge in [-0.05, 0) is 82.4 Å². The van der Waals surface area contributed by atoms with Gasteiger partial charge in [-0.3, -0.25) is 0 Å². The topological polar surface area (TPSA) is 100 Å². The third-order valence-corrected chi connectivity index (χ3v) is 7.69. The van der Waals surface area contributed by atoms with E-state index in [-0.39, 0.29) is 17.5 Å². The Kier molecular flexibility index (Phi) is 9.37. The Morgan fingerprint density at radius 1 is 1.05 bits per heavy atom. The average Bonchev–Trinajstić information content (AvgIpc) is 3.22. The fraction of sp³-hybridized carbons (Fsp3) is 0.500. The molecule has 1 aliphatic carbocycles. The maximum Gasteiger partial charge on any atom is 0.490 e. The van der Waals surface area contributed by atoms with Crippen molar-refractivity contribution in [1.82, 2.24) is 10.2 Å². The quantitative estimate of drug-likeness (QED) is 0.468. The van der Waals surface area contributed by atoms with E-state index in [9.17, 15) is 18.0 Å². The van der Waals surface area contributed by atoms with Crippen LogP contribution >= 0.6 is 0 Å². The zero-order valence-corrected chi connectivity index (χ0v) is 22.8. The van der Waals surface area contributed by atoms with Crippen molar-refractivity contribution in [2.24, 2.45) is 0 Å². The highest BCUT2D eigenvalue weighted by molar-refractivity contribution is 5.90. The summed E-state index contributed by atoms with van der Waals surface area (Å²) in [7, 11) is 5.56. The summed E-state index contributed by atoms with van der Waals surface area (Å²) in [5.41, 5.74) is 4.52. The minimum absolute atomic E-state index is 0.0799. The fourth-order valence-corrected chi connectivity index (χ4v) is 5.69. The predicted octanol–water partition coefficient (Wildman–Crippen LogP) is 5.27. The lowest BCUT2D eigenvalue weighted by molar-refractivity contribution is -0.192. The minimum Gasteiger partial charge on any atom is -0.493 e. The first kappa shape index (κ1) is 30.1. The molecule has 2 amide bonds. The summed E-state index contributed by atoms with van der Waals surface area (Å²) in [4.78, 5) is 24.1. The largest absolute Gasteiger partial charge is 0.493 e. The maximum absolute atomic E-state index is 12.7. The molecule has 0 radical (unpaired) electrons. The number of carboxylic acid groups (broad SMARTS) is 1. The van der Waals surface area contributed by atoms with E-state index in [0.29, 0.717) is 6.04 Å². The summed E-state index contributed by atoms with van der Waals surface area (Å²) >= 11 is 0. The van der Waals surface area contributed by atoms with Gasteiger partial charge in [-0.25, -0.2) is 9.59 Å². The number of carboxylic acids is 1. The van der Waals surface area contributed by atoms with Gasteiger partial charge >= 0.3 is 18.2 Å². The molecule has 1 saturated heterocycles. The SMILES string of the molecule is COc1ccc(C23CCC(NC(=O)Nc4ccc(C)cc4C)CC2N(C)CC3)cc1OC.O=C(O)C(F)(F)F. The van der Waals surface area contributed by atoms with Crippen molar-refractivity contribution in [3.8, 4) is 11.5 Å². The van der Waals surface area contributed by atoms with Gasteiger partial charge in [0.25, 0.3) is 0 Å². The number of amides is 2. The van der Waals surface area contributed by atoms with Crippen molar-refractivity contribution in [2.75, 3.05) is 33.1 Å². The average molecular weight is 552 g/mol. The predicted molar refractivity (Wildman–Crippen MR) is 142 cm³/mol. The highest BCUT2D eigenvalue weighted by atomic mass is 19.4. The number of likely N-dealkylation sites (N-methyl/N-ethyl adjacent to an activating group) is 1. The summed E-state index contributed by atoms with van der Waals surface area (Å²) in [5.74, 6) is -1.22. The van der Waals surface area contributed by atoms with Crippen LogP contribution in [-0.4, -0.2) is 68.1 Å². The summed E-state index contributed by atoms with van der Waals surface area (Å²) in [5, 5.41) is 13.4. The number of carbonyl (C=O) groups is 2. The van der Waals surface area contributed by atoms with E-state index >= 15 is 0 Å². The van der Waals surface area contributed by atoms with Crippen LogP contribution in [0.4, 0.5) is 23.7 Å². The molecule has 2 fully saturated rings. The molecule has 2 aromatic carbocycles. The Labute approximate surface area is 226 Å². The van der Waals surface area contributed by atoms with Gasteiger partial charge in [-0.15, -0.1) is 0 Å². The maximum atomic E-state index is 12.7. The first-order valence-electron chi connectivity index (χ1n) is 12.7. The molecular weight excluding hydrogens is 515 g/mol. The molecule has 1 saturated carbocycles. The number of anilines is 1. The Morgan fingerprint density at radius 2 is 1.72 bits per heavy atom. The van der Waals surface area contributed by atoms with E-state index in [1.807, 2.05) is 25.1 Å². The number of ether oxygens (including phenoxy) is 2. The van der Waals surface area contributed by atoms with E-state index in [0.717, 1.165) is 55.0 Å². The number of rotatable bonds is 5. The number of alkyl halides is 3. The molecule has 11 heteroatoms. The number of benzene rings is 2. The first-order valence-corrected chi connectivity index (χ1v) is 12.7. The molecule has 0 bridgehead atoms. The van der Waals surface area contributed by atoms with Crippen LogP contribution in [0.3, 0.4) is 0 Å². The number of nitrogens with one attached hydrogen (secondary N) is 2. The van der Waals surface area contributed by atoms with E-state index in [1.54, 1.807) is 14.2 Å². The molecule has 214 valence electrons. The van der Waals surface area contributed by atoms with Crippen LogP contribution in [-0.2, 0) is 10.2 Å². The van der Waals surface area contributed by atoms with Crippen molar-refractivity contribution < 1.29 is 37.3 Å². The number of likely N-dealkylation sites (tertiary alicyclic amines) is 1. The molecule has 8 nitrogen and oxygen atoms in total. The highest BCUT2D eigenvalue weighted by Crippen LogP contribution is 2.49. The highest BCUT2D eigenvalue weighted by Gasteiger charge is 2.50. The Bertz CT molecular complexity index is 1190. The van der Waals surface area contributed by atoms with Gasteiger partial charge in [0.2, 0.25) is 0 Å². The fourth-order valence-electron chi connectivity index (χ4n) is 5.69. The molecule has 3 N–H and O–H groups in total. The van der Waals surface area contributed by atoms with Crippen LogP contribution in [0.25, 0.3) is 0 Å². The lowest BCUT2D eigenvalue weighted by Crippen LogP contribution is -2.52. The third-order valence-electron chi connectivity index (χ3n) is 7.69. The van der Waals surface area contributed by atoms with Gasteiger partial charge in [-0.2, -0.15) is 13.2 Å². The number of carbonyl (C=O) groups excluding carboxylic acids is 1. The summed E-state index contributed by atoms with van der Waals surface area (Å²) in [6.45, 7) is 5.14. The van der Waals surface area contributed by atoms with Gasteiger partial charge in [0.05, 0.1) is 14.2 Å². The van der Waals surface area contributed by atoms with Crippen LogP contribution < -0.4 is 20.1 Å². The lowest BCUT2D eigenvalue weighted by Gasteiger charge is -2.45. The van der Waals surface area contributed by atoms with Crippen LogP contribution in [0.5, 0.6) is 11.5 Å². The normalized spacial score (nSPS) is 22.7. The van der Waals surface area contributed by atoms with E-state index in [2.05, 4.69) is 47.7 Å². The number of aliphatic carboxylic acids is 1. The molecule has 0 spiro atoms. The second-order valence-corrected chi connectivity index (χ2v) is 10.2. The minimum atomic E-state index is -5.08. The van der Waals surface area contributed by atoms with Crippen molar-refractivity contribution in [3.63, 3.8) is 0 Å².